The molecule has 6 rings (SSSR count). The van der Waals surface area contributed by atoms with E-state index < -0.39 is 18.3 Å². The van der Waals surface area contributed by atoms with E-state index in [4.69, 9.17) is 21.1 Å². The summed E-state index contributed by atoms with van der Waals surface area (Å²) in [6.07, 6.45) is 1.25. The zero-order chi connectivity index (χ0) is 27.6. The van der Waals surface area contributed by atoms with Gasteiger partial charge >= 0.3 is 6.09 Å². The minimum absolute atomic E-state index is 0.0315. The topological polar surface area (TPSA) is 89.7 Å². The van der Waals surface area contributed by atoms with Crippen molar-refractivity contribution < 1.29 is 28.2 Å². The smallest absolute Gasteiger partial charge is 0.407 e. The zero-order valence-corrected chi connectivity index (χ0v) is 22.6. The molecule has 2 aromatic heterocycles. The number of hydrogen-bond donors (Lipinski definition) is 1. The van der Waals surface area contributed by atoms with Gasteiger partial charge in [-0.15, -0.1) is 0 Å². The highest BCUT2D eigenvalue weighted by atomic mass is 35.5. The summed E-state index contributed by atoms with van der Waals surface area (Å²) in [4.78, 5) is 21.8. The van der Waals surface area contributed by atoms with Crippen molar-refractivity contribution in [3.8, 4) is 0 Å². The first kappa shape index (κ1) is 26.2. The lowest BCUT2D eigenvalue weighted by atomic mass is 9.89. The van der Waals surface area contributed by atoms with Crippen molar-refractivity contribution in [1.82, 2.24) is 19.4 Å². The molecule has 206 valence electrons. The van der Waals surface area contributed by atoms with Gasteiger partial charge in [0.25, 0.3) is 6.43 Å². The van der Waals surface area contributed by atoms with Crippen LogP contribution < -0.4 is 0 Å². The zero-order valence-electron chi connectivity index (χ0n) is 21.8. The fourth-order valence-electron chi connectivity index (χ4n) is 6.11. The first-order valence-electron chi connectivity index (χ1n) is 13.0. The Morgan fingerprint density at radius 3 is 2.79 bits per heavy atom. The van der Waals surface area contributed by atoms with Crippen LogP contribution in [0.25, 0.3) is 11.0 Å². The van der Waals surface area contributed by atoms with Crippen LogP contribution in [0.4, 0.5) is 13.6 Å². The van der Waals surface area contributed by atoms with Gasteiger partial charge in [0.1, 0.15) is 28.8 Å². The van der Waals surface area contributed by atoms with E-state index >= 15 is 0 Å². The predicted molar refractivity (Wildman–Crippen MR) is 140 cm³/mol. The van der Waals surface area contributed by atoms with Gasteiger partial charge in [0.2, 0.25) is 0 Å². The molecular formula is C28H29ClF2N4O4. The van der Waals surface area contributed by atoms with Crippen LogP contribution in [0.2, 0.25) is 5.15 Å². The summed E-state index contributed by atoms with van der Waals surface area (Å²) in [6, 6.07) is 4.72. The number of nitrogens with zero attached hydrogens (tertiary/aromatic N) is 4. The Balaban J connectivity index is 1.34. The van der Waals surface area contributed by atoms with E-state index in [2.05, 4.69) is 16.0 Å². The Labute approximate surface area is 229 Å². The predicted octanol–water partition coefficient (Wildman–Crippen LogP) is 6.00. The number of aryl methyl sites for hydroxylation is 2. The number of amides is 1. The molecule has 1 fully saturated rings. The fraction of sp³-hybridized carbons (Fsp3) is 0.464. The summed E-state index contributed by atoms with van der Waals surface area (Å²) in [6.45, 7) is 6.03. The molecule has 11 heteroatoms. The van der Waals surface area contributed by atoms with E-state index in [1.807, 2.05) is 30.7 Å². The van der Waals surface area contributed by atoms with Gasteiger partial charge in [-0.25, -0.2) is 23.5 Å². The van der Waals surface area contributed by atoms with E-state index in [-0.39, 0.29) is 30.4 Å². The van der Waals surface area contributed by atoms with Gasteiger partial charge in [-0.3, -0.25) is 0 Å². The number of rotatable bonds is 5. The highest BCUT2D eigenvalue weighted by Gasteiger charge is 2.50. The average molecular weight is 559 g/mol. The largest absolute Gasteiger partial charge is 0.465 e. The molecule has 1 saturated heterocycles. The van der Waals surface area contributed by atoms with Crippen molar-refractivity contribution in [1.29, 1.82) is 0 Å². The summed E-state index contributed by atoms with van der Waals surface area (Å²) >= 11 is 6.38. The SMILES string of the molecule is Cc1nc(Cl)c2ccn([C@@H]3C=C(CCc4cc(C(F)F)cc5c4CN(C(=O)O)CC5)[C@H]4OC(C)(C)O[C@H]43)c2n1. The van der Waals surface area contributed by atoms with Gasteiger partial charge in [0.15, 0.2) is 5.79 Å². The normalized spacial score (nSPS) is 23.8. The van der Waals surface area contributed by atoms with Gasteiger partial charge < -0.3 is 24.0 Å². The molecule has 2 aliphatic heterocycles. The van der Waals surface area contributed by atoms with Crippen LogP contribution in [-0.2, 0) is 28.9 Å². The molecule has 1 N–H and O–H groups in total. The van der Waals surface area contributed by atoms with Crippen molar-refractivity contribution in [3.05, 3.63) is 69.3 Å². The molecule has 0 unspecified atom stereocenters. The Bertz CT molecular complexity index is 1500. The number of ether oxygens (including phenoxy) is 2. The number of aromatic nitrogens is 3. The Kier molecular flexibility index (Phi) is 6.39. The van der Waals surface area contributed by atoms with Gasteiger partial charge in [-0.2, -0.15) is 0 Å². The van der Waals surface area contributed by atoms with Crippen molar-refractivity contribution >= 4 is 28.7 Å². The van der Waals surface area contributed by atoms with Crippen LogP contribution in [-0.4, -0.2) is 55.2 Å². The average Bonchev–Trinajstić information content (AvgIpc) is 3.52. The molecule has 3 aromatic rings. The van der Waals surface area contributed by atoms with Gasteiger partial charge in [0, 0.05) is 24.8 Å². The number of halogens is 3. The third-order valence-corrected chi connectivity index (χ3v) is 8.13. The molecule has 1 aromatic carbocycles. The molecule has 3 atom stereocenters. The summed E-state index contributed by atoms with van der Waals surface area (Å²) < 4.78 is 42.2. The minimum atomic E-state index is -2.60. The summed E-state index contributed by atoms with van der Waals surface area (Å²) in [7, 11) is 0. The fourth-order valence-corrected chi connectivity index (χ4v) is 6.38. The van der Waals surface area contributed by atoms with E-state index in [0.717, 1.165) is 27.6 Å². The van der Waals surface area contributed by atoms with Crippen molar-refractivity contribution in [3.63, 3.8) is 0 Å². The van der Waals surface area contributed by atoms with Gasteiger partial charge in [0.05, 0.1) is 11.4 Å². The van der Waals surface area contributed by atoms with Crippen LogP contribution in [0.15, 0.2) is 36.0 Å². The van der Waals surface area contributed by atoms with Crippen LogP contribution in [0.1, 0.15) is 60.8 Å². The minimum Gasteiger partial charge on any atom is -0.465 e. The number of carbonyl (C=O) groups is 1. The summed E-state index contributed by atoms with van der Waals surface area (Å²) in [5.74, 6) is -0.232. The standard InChI is InChI=1S/C28H29ClF2N4O4/c1-14-32-24(29)19-7-9-35(26(19)33-14)21-12-17(22-23(21)39-28(2,3)38-22)5-4-15-10-18(25(30)31)11-16-6-8-34(27(36)37)13-20(15)16/h7,9-12,21-23,25H,4-6,8,13H2,1-3H3,(H,36,37)/t21-,22-,23+/m1/s1. The third kappa shape index (κ3) is 4.68. The maximum Gasteiger partial charge on any atom is 0.407 e. The summed E-state index contributed by atoms with van der Waals surface area (Å²) in [5, 5.41) is 10.7. The van der Waals surface area contributed by atoms with Crippen molar-refractivity contribution in [2.24, 2.45) is 0 Å². The maximum absolute atomic E-state index is 13.7. The molecule has 0 saturated carbocycles. The molecule has 1 aliphatic carbocycles. The van der Waals surface area contributed by atoms with Gasteiger partial charge in [-0.1, -0.05) is 17.7 Å². The quantitative estimate of drug-likeness (QED) is 0.305. The van der Waals surface area contributed by atoms with Crippen LogP contribution in [0.5, 0.6) is 0 Å². The van der Waals surface area contributed by atoms with Crippen LogP contribution in [0, 0.1) is 6.92 Å². The van der Waals surface area contributed by atoms with Crippen LogP contribution >= 0.6 is 11.6 Å². The number of benzene rings is 1. The lowest BCUT2D eigenvalue weighted by Crippen LogP contribution is -2.35. The lowest BCUT2D eigenvalue weighted by molar-refractivity contribution is -0.147. The second-order valence-corrected chi connectivity index (χ2v) is 11.2. The number of alkyl halides is 2. The molecule has 4 heterocycles. The van der Waals surface area contributed by atoms with Crippen molar-refractivity contribution in [2.45, 2.75) is 77.0 Å². The Morgan fingerprint density at radius 2 is 2.05 bits per heavy atom. The number of hydrogen-bond acceptors (Lipinski definition) is 5. The number of carboxylic acid groups (broad SMARTS) is 1. The highest BCUT2D eigenvalue weighted by molar-refractivity contribution is 6.34. The molecule has 1 amide bonds. The molecular weight excluding hydrogens is 530 g/mol. The first-order valence-corrected chi connectivity index (χ1v) is 13.4. The molecule has 39 heavy (non-hydrogen) atoms. The van der Waals surface area contributed by atoms with E-state index in [1.165, 1.54) is 17.0 Å². The number of fused-ring (bicyclic) bond motifs is 3. The Hall–Kier alpha value is -3.08. The Morgan fingerprint density at radius 1 is 1.26 bits per heavy atom. The molecule has 0 bridgehead atoms. The molecule has 0 spiro atoms. The second-order valence-electron chi connectivity index (χ2n) is 10.8. The second kappa shape index (κ2) is 9.53. The third-order valence-electron chi connectivity index (χ3n) is 7.84. The van der Waals surface area contributed by atoms with E-state index in [1.54, 1.807) is 6.92 Å². The monoisotopic (exact) mass is 558 g/mol. The first-order chi connectivity index (χ1) is 18.5. The summed E-state index contributed by atoms with van der Waals surface area (Å²) in [5.41, 5.74) is 4.04. The van der Waals surface area contributed by atoms with Crippen LogP contribution in [0.3, 0.4) is 0 Å². The molecule has 8 nitrogen and oxygen atoms in total. The highest BCUT2D eigenvalue weighted by Crippen LogP contribution is 2.46. The molecule has 0 radical (unpaired) electrons. The van der Waals surface area contributed by atoms with Gasteiger partial charge in [-0.05, 0) is 80.5 Å². The lowest BCUT2D eigenvalue weighted by Gasteiger charge is -2.29. The molecule has 3 aliphatic rings. The maximum atomic E-state index is 13.7. The van der Waals surface area contributed by atoms with E-state index in [0.29, 0.717) is 42.4 Å². The van der Waals surface area contributed by atoms with Crippen molar-refractivity contribution in [2.75, 3.05) is 6.54 Å². The van der Waals surface area contributed by atoms with E-state index in [9.17, 15) is 18.7 Å².